The van der Waals surface area contributed by atoms with Gasteiger partial charge in [0.15, 0.2) is 0 Å². The summed E-state index contributed by atoms with van der Waals surface area (Å²) in [5.41, 5.74) is 0. The van der Waals surface area contributed by atoms with Crippen LogP contribution in [0.1, 0.15) is 13.3 Å². The standard InChI is InChI=1S/C5H11NO3S2/c1-3(7)5(10,11)2-4(8)9-6/h3,7,10-11H,2,6H2,1H3. The first kappa shape index (κ1) is 11.1. The lowest BCUT2D eigenvalue weighted by molar-refractivity contribution is -0.144. The van der Waals surface area contributed by atoms with Gasteiger partial charge in [-0.2, -0.15) is 31.2 Å². The van der Waals surface area contributed by atoms with Gasteiger partial charge < -0.3 is 9.94 Å². The maximum absolute atomic E-state index is 10.6. The van der Waals surface area contributed by atoms with Crippen LogP contribution >= 0.6 is 25.3 Å². The van der Waals surface area contributed by atoms with E-state index in [1.165, 1.54) is 6.92 Å². The Kier molecular flexibility index (Phi) is 4.23. The number of hydrogen-bond acceptors (Lipinski definition) is 6. The molecular formula is C5H11NO3S2. The molecule has 0 rings (SSSR count). The van der Waals surface area contributed by atoms with E-state index >= 15 is 0 Å². The number of nitrogens with two attached hydrogens (primary N) is 1. The molecule has 0 aliphatic rings. The second-order valence-corrected chi connectivity index (χ2v) is 4.17. The Morgan fingerprint density at radius 2 is 2.27 bits per heavy atom. The van der Waals surface area contributed by atoms with Gasteiger partial charge in [0.05, 0.1) is 16.6 Å². The summed E-state index contributed by atoms with van der Waals surface area (Å²) in [6, 6.07) is 0. The fourth-order valence-corrected chi connectivity index (χ4v) is 0.660. The number of rotatable bonds is 3. The third-order valence-corrected chi connectivity index (χ3v) is 2.27. The first-order valence-electron chi connectivity index (χ1n) is 2.92. The van der Waals surface area contributed by atoms with Crippen LogP contribution < -0.4 is 5.90 Å². The Morgan fingerprint density at radius 1 is 1.82 bits per heavy atom. The molecule has 4 nitrogen and oxygen atoms in total. The smallest absolute Gasteiger partial charge is 0.326 e. The molecule has 66 valence electrons. The minimum atomic E-state index is -1.09. The Hall–Kier alpha value is 0.0900. The third-order valence-electron chi connectivity index (χ3n) is 1.21. The van der Waals surface area contributed by atoms with E-state index in [4.69, 9.17) is 5.11 Å². The van der Waals surface area contributed by atoms with Gasteiger partial charge in [-0.15, -0.1) is 0 Å². The highest BCUT2D eigenvalue weighted by atomic mass is 32.2. The lowest BCUT2D eigenvalue weighted by Gasteiger charge is -2.23. The number of aliphatic hydroxyl groups excluding tert-OH is 1. The van der Waals surface area contributed by atoms with Crippen molar-refractivity contribution in [3.05, 3.63) is 0 Å². The van der Waals surface area contributed by atoms with Crippen LogP contribution in [-0.4, -0.2) is 21.3 Å². The Morgan fingerprint density at radius 3 is 2.55 bits per heavy atom. The highest BCUT2D eigenvalue weighted by Gasteiger charge is 2.30. The molecule has 6 heteroatoms. The summed E-state index contributed by atoms with van der Waals surface area (Å²) >= 11 is 7.87. The van der Waals surface area contributed by atoms with Gasteiger partial charge in [0.25, 0.3) is 0 Å². The van der Waals surface area contributed by atoms with Gasteiger partial charge >= 0.3 is 5.97 Å². The minimum absolute atomic E-state index is 0.145. The molecular weight excluding hydrogens is 186 g/mol. The molecule has 0 aromatic rings. The second-order valence-electron chi connectivity index (χ2n) is 2.22. The zero-order chi connectivity index (χ0) is 9.07. The molecule has 3 N–H and O–H groups in total. The Balaban J connectivity index is 4.01. The number of aliphatic hydroxyl groups is 1. The average Bonchev–Trinajstić information content (AvgIpc) is 1.86. The second kappa shape index (κ2) is 4.20. The molecule has 0 aromatic carbocycles. The van der Waals surface area contributed by atoms with Gasteiger partial charge in [0.2, 0.25) is 0 Å². The molecule has 0 saturated heterocycles. The van der Waals surface area contributed by atoms with Crippen molar-refractivity contribution in [3.63, 3.8) is 0 Å². The molecule has 0 amide bonds. The van der Waals surface area contributed by atoms with Gasteiger partial charge in [0, 0.05) is 0 Å². The van der Waals surface area contributed by atoms with E-state index in [0.29, 0.717) is 0 Å². The molecule has 0 fully saturated rings. The van der Waals surface area contributed by atoms with E-state index in [1.54, 1.807) is 0 Å². The summed E-state index contributed by atoms with van der Waals surface area (Å²) in [5, 5.41) is 9.02. The number of carbonyl (C=O) groups is 1. The van der Waals surface area contributed by atoms with Crippen LogP contribution in [-0.2, 0) is 9.63 Å². The quantitative estimate of drug-likeness (QED) is 0.285. The third kappa shape index (κ3) is 3.85. The van der Waals surface area contributed by atoms with Gasteiger partial charge in [-0.1, -0.05) is 0 Å². The first-order valence-corrected chi connectivity index (χ1v) is 3.82. The zero-order valence-corrected chi connectivity index (χ0v) is 7.81. The van der Waals surface area contributed by atoms with E-state index in [1.807, 2.05) is 0 Å². The Labute approximate surface area is 75.9 Å². The van der Waals surface area contributed by atoms with Crippen LogP contribution in [0.4, 0.5) is 0 Å². The number of thiol groups is 2. The molecule has 0 aliphatic carbocycles. The SMILES string of the molecule is CC(O)C(S)(S)CC(=O)ON. The van der Waals surface area contributed by atoms with Crippen LogP contribution in [0.25, 0.3) is 0 Å². The molecule has 0 saturated carbocycles. The summed E-state index contributed by atoms with van der Waals surface area (Å²) in [4.78, 5) is 14.5. The number of carbonyl (C=O) groups excluding carboxylic acids is 1. The topological polar surface area (TPSA) is 72.5 Å². The highest BCUT2D eigenvalue weighted by Crippen LogP contribution is 2.28. The lowest BCUT2D eigenvalue weighted by atomic mass is 10.2. The van der Waals surface area contributed by atoms with E-state index in [2.05, 4.69) is 36.0 Å². The van der Waals surface area contributed by atoms with Gasteiger partial charge in [-0.05, 0) is 6.92 Å². The van der Waals surface area contributed by atoms with E-state index in [0.717, 1.165) is 0 Å². The molecule has 1 atom stereocenters. The monoisotopic (exact) mass is 197 g/mol. The van der Waals surface area contributed by atoms with Gasteiger partial charge in [0.1, 0.15) is 0 Å². The number of hydrogen-bond donors (Lipinski definition) is 4. The van der Waals surface area contributed by atoms with Crippen molar-refractivity contribution >= 4 is 31.2 Å². The molecule has 0 bridgehead atoms. The van der Waals surface area contributed by atoms with Crippen molar-refractivity contribution in [2.45, 2.75) is 23.5 Å². The summed E-state index contributed by atoms with van der Waals surface area (Å²) in [6.45, 7) is 1.48. The van der Waals surface area contributed by atoms with Crippen molar-refractivity contribution in [2.75, 3.05) is 0 Å². The van der Waals surface area contributed by atoms with Crippen molar-refractivity contribution in [1.82, 2.24) is 0 Å². The zero-order valence-electron chi connectivity index (χ0n) is 6.02. The largest absolute Gasteiger partial charge is 0.391 e. The van der Waals surface area contributed by atoms with Crippen molar-refractivity contribution in [1.29, 1.82) is 0 Å². The van der Waals surface area contributed by atoms with Crippen molar-refractivity contribution in [3.8, 4) is 0 Å². The summed E-state index contributed by atoms with van der Waals surface area (Å²) in [7, 11) is 0. The predicted molar refractivity (Wildman–Crippen MR) is 47.3 cm³/mol. The fraction of sp³-hybridized carbons (Fsp3) is 0.800. The first-order chi connectivity index (χ1) is 4.90. The van der Waals surface area contributed by atoms with E-state index in [9.17, 15) is 4.79 Å². The van der Waals surface area contributed by atoms with Crippen LogP contribution in [0.5, 0.6) is 0 Å². The Bertz CT molecular complexity index is 149. The lowest BCUT2D eigenvalue weighted by Crippen LogP contribution is -2.32. The van der Waals surface area contributed by atoms with Crippen LogP contribution in [0.3, 0.4) is 0 Å². The minimum Gasteiger partial charge on any atom is -0.391 e. The molecule has 0 aromatic heterocycles. The highest BCUT2D eigenvalue weighted by molar-refractivity contribution is 8.00. The summed E-state index contributed by atoms with van der Waals surface area (Å²) < 4.78 is -1.09. The maximum atomic E-state index is 10.6. The normalized spacial score (nSPS) is 14.3. The summed E-state index contributed by atoms with van der Waals surface area (Å²) in [6.07, 6.45) is -0.971. The summed E-state index contributed by atoms with van der Waals surface area (Å²) in [5.74, 6) is 3.92. The van der Waals surface area contributed by atoms with E-state index in [-0.39, 0.29) is 6.42 Å². The average molecular weight is 197 g/mol. The van der Waals surface area contributed by atoms with Crippen LogP contribution in [0, 0.1) is 0 Å². The molecule has 0 heterocycles. The van der Waals surface area contributed by atoms with E-state index < -0.39 is 16.2 Å². The maximum Gasteiger partial charge on any atom is 0.326 e. The molecule has 0 aliphatic heterocycles. The van der Waals surface area contributed by atoms with Crippen molar-refractivity contribution < 1.29 is 14.7 Å². The molecule has 0 spiro atoms. The van der Waals surface area contributed by atoms with Crippen molar-refractivity contribution in [2.24, 2.45) is 5.90 Å². The molecule has 1 unspecified atom stereocenters. The molecule has 11 heavy (non-hydrogen) atoms. The van der Waals surface area contributed by atoms with Crippen LogP contribution in [0.2, 0.25) is 0 Å². The fourth-order valence-electron chi connectivity index (χ4n) is 0.402. The predicted octanol–water partition coefficient (Wildman–Crippen LogP) is -0.270. The molecule has 0 radical (unpaired) electrons. The van der Waals surface area contributed by atoms with Gasteiger partial charge in [-0.3, -0.25) is 4.79 Å². The van der Waals surface area contributed by atoms with Gasteiger partial charge in [-0.25, -0.2) is 0 Å². The van der Waals surface area contributed by atoms with Crippen LogP contribution in [0.15, 0.2) is 0 Å².